The summed E-state index contributed by atoms with van der Waals surface area (Å²) in [6.45, 7) is 0. The molecule has 0 fully saturated rings. The maximum atomic E-state index is 8.90. The summed E-state index contributed by atoms with van der Waals surface area (Å²) < 4.78 is 52.3. The van der Waals surface area contributed by atoms with Crippen molar-refractivity contribution in [2.45, 2.75) is 0 Å². The Hall–Kier alpha value is -3.70. The number of para-hydroxylation sites is 2. The molecule has 0 aliphatic heterocycles. The second-order valence-corrected chi connectivity index (χ2v) is 6.30. The van der Waals surface area contributed by atoms with Gasteiger partial charge in [-0.15, -0.1) is 0 Å². The van der Waals surface area contributed by atoms with Crippen molar-refractivity contribution >= 4 is 46.7 Å². The number of fused-ring (bicyclic) bond motifs is 3. The average Bonchev–Trinajstić information content (AvgIpc) is 3.23. The van der Waals surface area contributed by atoms with Crippen molar-refractivity contribution in [3.05, 3.63) is 96.9 Å². The number of hydrogen-bond acceptors (Lipinski definition) is 4. The van der Waals surface area contributed by atoms with E-state index in [1.54, 1.807) is 35.2 Å². The first-order chi connectivity index (χ1) is 16.4. The van der Waals surface area contributed by atoms with Crippen LogP contribution in [0.4, 0.5) is 17.1 Å². The molecule has 29 heavy (non-hydrogen) atoms. The lowest BCUT2D eigenvalue weighted by molar-refractivity contribution is 0.454. The SMILES string of the molecule is [2H]c1c([2H])c([2H])c(N(c2ccc(O[B]O)cc2)c2ccc3c(c2)oc2ccccc23)c([2H])c1[2H]. The Morgan fingerprint density at radius 3 is 2.31 bits per heavy atom. The Balaban J connectivity index is 1.76. The highest BCUT2D eigenvalue weighted by Gasteiger charge is 2.15. The highest BCUT2D eigenvalue weighted by Crippen LogP contribution is 2.38. The van der Waals surface area contributed by atoms with E-state index < -0.39 is 18.1 Å². The standard InChI is InChI=1S/C24H17BNO3/c27-25-29-20-13-10-18(11-14-20)26(17-6-2-1-3-7-17)19-12-15-22-21-8-4-5-9-23(21)28-24(22)16-19/h1-16,27H/i1D,2D,3D,6D,7D. The summed E-state index contributed by atoms with van der Waals surface area (Å²) in [5.41, 5.74) is 2.41. The van der Waals surface area contributed by atoms with Crippen molar-refractivity contribution in [2.24, 2.45) is 0 Å². The van der Waals surface area contributed by atoms with E-state index in [1.165, 1.54) is 0 Å². The zero-order chi connectivity index (χ0) is 24.0. The summed E-state index contributed by atoms with van der Waals surface area (Å²) in [6, 6.07) is 17.7. The van der Waals surface area contributed by atoms with Gasteiger partial charge in [-0.05, 0) is 54.5 Å². The van der Waals surface area contributed by atoms with Gasteiger partial charge in [0, 0.05) is 33.9 Å². The minimum atomic E-state index is -0.464. The summed E-state index contributed by atoms with van der Waals surface area (Å²) in [4.78, 5) is 1.58. The molecule has 4 nitrogen and oxygen atoms in total. The van der Waals surface area contributed by atoms with E-state index in [4.69, 9.17) is 20.9 Å². The van der Waals surface area contributed by atoms with Crippen molar-refractivity contribution in [1.29, 1.82) is 0 Å². The summed E-state index contributed by atoms with van der Waals surface area (Å²) >= 11 is 0. The van der Waals surface area contributed by atoms with Crippen LogP contribution >= 0.6 is 0 Å². The van der Waals surface area contributed by atoms with Crippen LogP contribution in [0, 0.1) is 0 Å². The van der Waals surface area contributed by atoms with Gasteiger partial charge in [-0.25, -0.2) is 0 Å². The molecule has 5 aromatic rings. The highest BCUT2D eigenvalue weighted by atomic mass is 16.5. The average molecular weight is 383 g/mol. The van der Waals surface area contributed by atoms with Gasteiger partial charge in [-0.3, -0.25) is 0 Å². The monoisotopic (exact) mass is 383 g/mol. The number of benzene rings is 4. The maximum Gasteiger partial charge on any atom is 0.569 e. The molecule has 0 atom stereocenters. The minimum Gasteiger partial charge on any atom is -0.537 e. The zero-order valence-electron chi connectivity index (χ0n) is 20.1. The Morgan fingerprint density at radius 2 is 1.52 bits per heavy atom. The van der Waals surface area contributed by atoms with Gasteiger partial charge in [0.1, 0.15) is 16.9 Å². The van der Waals surface area contributed by atoms with Crippen molar-refractivity contribution in [2.75, 3.05) is 4.90 Å². The number of hydrogen-bond donors (Lipinski definition) is 1. The van der Waals surface area contributed by atoms with Crippen LogP contribution in [0.1, 0.15) is 6.85 Å². The Morgan fingerprint density at radius 1 is 0.793 bits per heavy atom. The molecule has 1 heterocycles. The molecule has 0 saturated heterocycles. The maximum absolute atomic E-state index is 8.90. The lowest BCUT2D eigenvalue weighted by atomic mass is 10.1. The van der Waals surface area contributed by atoms with Crippen LogP contribution in [0.3, 0.4) is 0 Å². The van der Waals surface area contributed by atoms with E-state index in [9.17, 15) is 0 Å². The van der Waals surface area contributed by atoms with Gasteiger partial charge in [-0.1, -0.05) is 36.3 Å². The fourth-order valence-electron chi connectivity index (χ4n) is 3.35. The normalized spacial score (nSPS) is 13.3. The second kappa shape index (κ2) is 7.38. The second-order valence-electron chi connectivity index (χ2n) is 6.30. The van der Waals surface area contributed by atoms with E-state index in [2.05, 4.69) is 0 Å². The van der Waals surface area contributed by atoms with Gasteiger partial charge in [0.25, 0.3) is 0 Å². The predicted octanol–water partition coefficient (Wildman–Crippen LogP) is 5.96. The van der Waals surface area contributed by atoms with Crippen LogP contribution in [-0.4, -0.2) is 12.7 Å². The van der Waals surface area contributed by atoms with Gasteiger partial charge in [0.15, 0.2) is 0 Å². The third kappa shape index (κ3) is 3.22. The molecular formula is C24H17BNO3. The van der Waals surface area contributed by atoms with Gasteiger partial charge >= 0.3 is 7.69 Å². The molecule has 1 radical (unpaired) electrons. The van der Waals surface area contributed by atoms with Gasteiger partial charge < -0.3 is 19.0 Å². The summed E-state index contributed by atoms with van der Waals surface area (Å²) in [5, 5.41) is 10.8. The Kier molecular flexibility index (Phi) is 3.23. The molecule has 0 saturated carbocycles. The molecule has 1 N–H and O–H groups in total. The van der Waals surface area contributed by atoms with E-state index in [0.717, 1.165) is 16.4 Å². The number of nitrogens with zero attached hydrogens (tertiary/aromatic N) is 1. The third-order valence-electron chi connectivity index (χ3n) is 4.61. The van der Waals surface area contributed by atoms with Crippen LogP contribution in [0.25, 0.3) is 21.9 Å². The molecule has 0 unspecified atom stereocenters. The molecule has 0 bridgehead atoms. The quantitative estimate of drug-likeness (QED) is 0.380. The van der Waals surface area contributed by atoms with Crippen molar-refractivity contribution in [3.8, 4) is 5.75 Å². The molecule has 5 rings (SSSR count). The molecule has 0 amide bonds. The van der Waals surface area contributed by atoms with Gasteiger partial charge in [0.2, 0.25) is 0 Å². The van der Waals surface area contributed by atoms with Crippen LogP contribution in [0.2, 0.25) is 0 Å². The Labute approximate surface area is 175 Å². The number of furan rings is 1. The van der Waals surface area contributed by atoms with Crippen LogP contribution in [-0.2, 0) is 0 Å². The smallest absolute Gasteiger partial charge is 0.537 e. The van der Waals surface area contributed by atoms with E-state index in [-0.39, 0.29) is 17.8 Å². The first-order valence-corrected chi connectivity index (χ1v) is 8.91. The number of anilines is 3. The molecule has 139 valence electrons. The fourth-order valence-corrected chi connectivity index (χ4v) is 3.35. The molecule has 5 heteroatoms. The molecular weight excluding hydrogens is 361 g/mol. The predicted molar refractivity (Wildman–Crippen MR) is 117 cm³/mol. The molecule has 1 aromatic heterocycles. The summed E-state index contributed by atoms with van der Waals surface area (Å²) in [7, 11) is 0.567. The third-order valence-corrected chi connectivity index (χ3v) is 4.61. The van der Waals surface area contributed by atoms with Crippen LogP contribution in [0.15, 0.2) is 101 Å². The van der Waals surface area contributed by atoms with Gasteiger partial charge in [0.05, 0.1) is 6.85 Å². The molecule has 0 spiro atoms. The van der Waals surface area contributed by atoms with E-state index in [0.29, 0.717) is 30.4 Å². The zero-order valence-corrected chi connectivity index (χ0v) is 15.1. The van der Waals surface area contributed by atoms with Crippen molar-refractivity contribution in [1.82, 2.24) is 0 Å². The summed E-state index contributed by atoms with van der Waals surface area (Å²) in [6.07, 6.45) is 0. The van der Waals surface area contributed by atoms with Crippen molar-refractivity contribution < 1.29 is 20.9 Å². The molecule has 0 aliphatic rings. The van der Waals surface area contributed by atoms with E-state index in [1.807, 2.05) is 36.4 Å². The first-order valence-electron chi connectivity index (χ1n) is 11.4. The molecule has 4 aromatic carbocycles. The Bertz CT molecular complexity index is 1510. The fraction of sp³-hybridized carbons (Fsp3) is 0. The summed E-state index contributed by atoms with van der Waals surface area (Å²) in [5.74, 6) is 0.375. The topological polar surface area (TPSA) is 45.8 Å². The van der Waals surface area contributed by atoms with Crippen molar-refractivity contribution in [3.63, 3.8) is 0 Å². The highest BCUT2D eigenvalue weighted by molar-refractivity contribution is 6.17. The number of rotatable bonds is 5. The first kappa shape index (κ1) is 12.7. The van der Waals surface area contributed by atoms with E-state index >= 15 is 0 Å². The lowest BCUT2D eigenvalue weighted by Gasteiger charge is -2.25. The minimum absolute atomic E-state index is 0.00356. The molecule has 0 aliphatic carbocycles. The lowest BCUT2D eigenvalue weighted by Crippen LogP contribution is -2.09. The van der Waals surface area contributed by atoms with Crippen LogP contribution < -0.4 is 9.55 Å². The van der Waals surface area contributed by atoms with Gasteiger partial charge in [-0.2, -0.15) is 0 Å². The largest absolute Gasteiger partial charge is 0.569 e. The van der Waals surface area contributed by atoms with Crippen LogP contribution in [0.5, 0.6) is 5.75 Å².